The Hall–Kier alpha value is -0.890. The number of hydrogen-bond donors (Lipinski definition) is 0. The van der Waals surface area contributed by atoms with Gasteiger partial charge < -0.3 is 9.47 Å². The lowest BCUT2D eigenvalue weighted by Crippen LogP contribution is -2.43. The highest BCUT2D eigenvalue weighted by Crippen LogP contribution is 2.29. The number of benzene rings is 2. The number of likely N-dealkylation sites (N-methyl/N-ethyl adjacent to an activating group) is 1. The van der Waals surface area contributed by atoms with Crippen LogP contribution in [0.4, 0.5) is 0 Å². The Balaban J connectivity index is 1.73. The smallest absolute Gasteiger partial charge is 0.0532 e. The molecule has 1 saturated heterocycles. The second-order valence-corrected chi connectivity index (χ2v) is 8.90. The van der Waals surface area contributed by atoms with Gasteiger partial charge in [-0.25, -0.2) is 0 Å². The van der Waals surface area contributed by atoms with Crippen molar-refractivity contribution in [1.82, 2.24) is 14.4 Å². The summed E-state index contributed by atoms with van der Waals surface area (Å²) in [6.45, 7) is 5.60. The predicted octanol–water partition coefficient (Wildman–Crippen LogP) is 4.75. The standard InChI is InChI=1S/C20H21BrIN3/c1-23-8-10-24(11-9-23)13-15-14-25(18-5-3-17(22)4-6-18)20-7-2-16(21)12-19(15)20/h2-7,12,14H,8-11,13H2,1H3. The average molecular weight is 510 g/mol. The van der Waals surface area contributed by atoms with Gasteiger partial charge in [0.2, 0.25) is 0 Å². The van der Waals surface area contributed by atoms with Crippen molar-refractivity contribution in [2.75, 3.05) is 33.2 Å². The first-order chi connectivity index (χ1) is 12.1. The Morgan fingerprint density at radius 2 is 1.72 bits per heavy atom. The molecule has 4 rings (SSSR count). The quantitative estimate of drug-likeness (QED) is 0.472. The second kappa shape index (κ2) is 7.39. The van der Waals surface area contributed by atoms with Crippen LogP contribution in [0.25, 0.3) is 16.6 Å². The van der Waals surface area contributed by atoms with Gasteiger partial charge in [-0.15, -0.1) is 0 Å². The fourth-order valence-electron chi connectivity index (χ4n) is 3.46. The number of rotatable bonds is 3. The van der Waals surface area contributed by atoms with E-state index in [1.165, 1.54) is 25.7 Å². The van der Waals surface area contributed by atoms with Crippen LogP contribution in [0.5, 0.6) is 0 Å². The molecule has 5 heteroatoms. The maximum Gasteiger partial charge on any atom is 0.0532 e. The molecule has 0 unspecified atom stereocenters. The van der Waals surface area contributed by atoms with Crippen molar-refractivity contribution in [1.29, 1.82) is 0 Å². The first kappa shape index (κ1) is 17.5. The first-order valence-electron chi connectivity index (χ1n) is 8.56. The minimum Gasteiger partial charge on any atom is -0.316 e. The molecule has 0 saturated carbocycles. The van der Waals surface area contributed by atoms with Crippen LogP contribution in [0.15, 0.2) is 53.1 Å². The summed E-state index contributed by atoms with van der Waals surface area (Å²) in [5.74, 6) is 0. The van der Waals surface area contributed by atoms with E-state index in [1.807, 2.05) is 0 Å². The van der Waals surface area contributed by atoms with Gasteiger partial charge in [0.1, 0.15) is 0 Å². The van der Waals surface area contributed by atoms with Crippen molar-refractivity contribution in [2.24, 2.45) is 0 Å². The largest absolute Gasteiger partial charge is 0.316 e. The van der Waals surface area contributed by atoms with Crippen LogP contribution < -0.4 is 0 Å². The molecule has 2 aromatic carbocycles. The predicted molar refractivity (Wildman–Crippen MR) is 116 cm³/mol. The summed E-state index contributed by atoms with van der Waals surface area (Å²) >= 11 is 6.00. The normalized spacial score (nSPS) is 16.6. The van der Waals surface area contributed by atoms with Crippen LogP contribution in [0.3, 0.4) is 0 Å². The van der Waals surface area contributed by atoms with E-state index in [9.17, 15) is 0 Å². The highest BCUT2D eigenvalue weighted by atomic mass is 127. The maximum absolute atomic E-state index is 3.64. The maximum atomic E-state index is 3.64. The SMILES string of the molecule is CN1CCN(Cc2cn(-c3ccc(I)cc3)c3ccc(Br)cc23)CC1. The van der Waals surface area contributed by atoms with Crippen LogP contribution >= 0.6 is 38.5 Å². The highest BCUT2D eigenvalue weighted by molar-refractivity contribution is 14.1. The van der Waals surface area contributed by atoms with Gasteiger partial charge in [-0.05, 0) is 77.7 Å². The molecular weight excluding hydrogens is 489 g/mol. The molecule has 25 heavy (non-hydrogen) atoms. The molecule has 1 fully saturated rings. The van der Waals surface area contributed by atoms with E-state index in [0.29, 0.717) is 0 Å². The van der Waals surface area contributed by atoms with E-state index >= 15 is 0 Å². The highest BCUT2D eigenvalue weighted by Gasteiger charge is 2.17. The van der Waals surface area contributed by atoms with Crippen LogP contribution in [0.2, 0.25) is 0 Å². The molecule has 0 radical (unpaired) electrons. The molecule has 0 spiro atoms. The Morgan fingerprint density at radius 3 is 2.44 bits per heavy atom. The summed E-state index contributed by atoms with van der Waals surface area (Å²) in [4.78, 5) is 4.97. The lowest BCUT2D eigenvalue weighted by atomic mass is 10.1. The molecule has 2 heterocycles. The molecule has 0 N–H and O–H groups in total. The number of nitrogens with zero attached hydrogens (tertiary/aromatic N) is 3. The first-order valence-corrected chi connectivity index (χ1v) is 10.4. The Morgan fingerprint density at radius 1 is 1.00 bits per heavy atom. The third-order valence-corrected chi connectivity index (χ3v) is 6.16. The van der Waals surface area contributed by atoms with Crippen molar-refractivity contribution in [3.05, 3.63) is 62.3 Å². The minimum atomic E-state index is 1.01. The molecule has 1 aliphatic heterocycles. The lowest BCUT2D eigenvalue weighted by molar-refractivity contribution is 0.148. The summed E-state index contributed by atoms with van der Waals surface area (Å²) in [5.41, 5.74) is 3.89. The van der Waals surface area contributed by atoms with Crippen LogP contribution in [-0.4, -0.2) is 47.6 Å². The van der Waals surface area contributed by atoms with Crippen LogP contribution in [0.1, 0.15) is 5.56 Å². The summed E-state index contributed by atoms with van der Waals surface area (Å²) in [7, 11) is 2.21. The van der Waals surface area contributed by atoms with E-state index in [-0.39, 0.29) is 0 Å². The molecule has 1 aliphatic rings. The molecule has 0 amide bonds. The van der Waals surface area contributed by atoms with Gasteiger partial charge in [0.25, 0.3) is 0 Å². The van der Waals surface area contributed by atoms with Crippen molar-refractivity contribution >= 4 is 49.4 Å². The van der Waals surface area contributed by atoms with Crippen molar-refractivity contribution in [3.8, 4) is 5.69 Å². The van der Waals surface area contributed by atoms with Gasteiger partial charge in [-0.1, -0.05) is 15.9 Å². The molecule has 0 bridgehead atoms. The molecule has 3 nitrogen and oxygen atoms in total. The fraction of sp³-hybridized carbons (Fsp3) is 0.300. The number of hydrogen-bond acceptors (Lipinski definition) is 2. The van der Waals surface area contributed by atoms with Crippen LogP contribution in [-0.2, 0) is 6.54 Å². The molecule has 130 valence electrons. The summed E-state index contributed by atoms with van der Waals surface area (Å²) in [6, 6.07) is 15.3. The number of fused-ring (bicyclic) bond motifs is 1. The van der Waals surface area contributed by atoms with Crippen molar-refractivity contribution in [3.63, 3.8) is 0 Å². The van der Waals surface area contributed by atoms with Crippen molar-refractivity contribution < 1.29 is 0 Å². The molecule has 3 aromatic rings. The Kier molecular flexibility index (Phi) is 5.18. The van der Waals surface area contributed by atoms with E-state index in [0.717, 1.165) is 37.2 Å². The lowest BCUT2D eigenvalue weighted by Gasteiger charge is -2.32. The van der Waals surface area contributed by atoms with Gasteiger partial charge in [0.15, 0.2) is 0 Å². The van der Waals surface area contributed by atoms with E-state index < -0.39 is 0 Å². The van der Waals surface area contributed by atoms with Gasteiger partial charge in [0.05, 0.1) is 5.52 Å². The van der Waals surface area contributed by atoms with Gasteiger partial charge in [0, 0.05) is 58.0 Å². The van der Waals surface area contributed by atoms with E-state index in [1.54, 1.807) is 0 Å². The zero-order chi connectivity index (χ0) is 17.4. The zero-order valence-corrected chi connectivity index (χ0v) is 18.0. The van der Waals surface area contributed by atoms with Crippen LogP contribution in [0, 0.1) is 3.57 Å². The van der Waals surface area contributed by atoms with E-state index in [2.05, 4.69) is 109 Å². The minimum absolute atomic E-state index is 1.01. The summed E-state index contributed by atoms with van der Waals surface area (Å²) in [5, 5.41) is 1.34. The molecule has 0 atom stereocenters. The summed E-state index contributed by atoms with van der Waals surface area (Å²) < 4.78 is 4.72. The van der Waals surface area contributed by atoms with E-state index in [4.69, 9.17) is 0 Å². The molecule has 1 aromatic heterocycles. The summed E-state index contributed by atoms with van der Waals surface area (Å²) in [6.07, 6.45) is 2.32. The zero-order valence-electron chi connectivity index (χ0n) is 14.3. The average Bonchev–Trinajstić information content (AvgIpc) is 2.95. The molecule has 0 aliphatic carbocycles. The number of piperazine rings is 1. The fourth-order valence-corrected chi connectivity index (χ4v) is 4.18. The van der Waals surface area contributed by atoms with Crippen molar-refractivity contribution in [2.45, 2.75) is 6.54 Å². The third-order valence-electron chi connectivity index (χ3n) is 4.94. The number of halogens is 2. The second-order valence-electron chi connectivity index (χ2n) is 6.74. The third kappa shape index (κ3) is 3.79. The van der Waals surface area contributed by atoms with Gasteiger partial charge >= 0.3 is 0 Å². The number of aromatic nitrogens is 1. The molecular formula is C20H21BrIN3. The van der Waals surface area contributed by atoms with Gasteiger partial charge in [-0.3, -0.25) is 4.90 Å². The Bertz CT molecular complexity index is 880. The topological polar surface area (TPSA) is 11.4 Å². The van der Waals surface area contributed by atoms with Gasteiger partial charge in [-0.2, -0.15) is 0 Å². The Labute approximate surface area is 170 Å². The monoisotopic (exact) mass is 509 g/mol.